The largest absolute Gasteiger partial charge is 0.506 e. The summed E-state index contributed by atoms with van der Waals surface area (Å²) in [5, 5.41) is 66.4. The zero-order valence-electron chi connectivity index (χ0n) is 47.5. The fourth-order valence-corrected chi connectivity index (χ4v) is 8.45. The van der Waals surface area contributed by atoms with E-state index in [4.69, 9.17) is 19.9 Å². The van der Waals surface area contributed by atoms with Crippen molar-refractivity contribution in [2.75, 3.05) is 139 Å². The fourth-order valence-electron chi connectivity index (χ4n) is 8.45. The lowest BCUT2D eigenvalue weighted by Gasteiger charge is -2.26. The van der Waals surface area contributed by atoms with Gasteiger partial charge in [0.25, 0.3) is 41.4 Å². The van der Waals surface area contributed by atoms with Crippen LogP contribution in [0.4, 0.5) is 0 Å². The molecule has 4 aromatic carbocycles. The summed E-state index contributed by atoms with van der Waals surface area (Å²) >= 11 is 0. The normalized spacial score (nSPS) is 11.0. The Hall–Kier alpha value is -8.33. The van der Waals surface area contributed by atoms with Crippen LogP contribution < -0.4 is 48.3 Å². The number of phenolic OH excluding ortho intramolecular Hbond substituents is 4. The molecular formula is C58H81N11O14. The van der Waals surface area contributed by atoms with Crippen molar-refractivity contribution in [2.45, 2.75) is 25.7 Å². The SMILES string of the molecule is C=C(NCCCCCN)c1cccc(C(=O)NCCN(CCCN(CCNC(=O)c2cccc(C(=O)NCCOC)c2O)CCNC(=O)c2cccc(C(=O)NCCOC)c2O)CCNC(=O)c2cccc(C(=O)NCCOC)c2O)c1O. The summed E-state index contributed by atoms with van der Waals surface area (Å²) in [6.07, 6.45) is 3.11. The van der Waals surface area contributed by atoms with E-state index < -0.39 is 58.6 Å². The second kappa shape index (κ2) is 36.9. The van der Waals surface area contributed by atoms with Crippen LogP contribution in [0.5, 0.6) is 23.0 Å². The molecule has 7 amide bonds. The summed E-state index contributed by atoms with van der Waals surface area (Å²) < 4.78 is 14.9. The molecule has 25 heteroatoms. The maximum Gasteiger partial charge on any atom is 0.255 e. The van der Waals surface area contributed by atoms with Gasteiger partial charge < -0.3 is 82.9 Å². The Morgan fingerprint density at radius 1 is 0.373 bits per heavy atom. The van der Waals surface area contributed by atoms with Crippen molar-refractivity contribution in [3.05, 3.63) is 124 Å². The third-order valence-electron chi connectivity index (χ3n) is 13.0. The van der Waals surface area contributed by atoms with Crippen molar-refractivity contribution in [1.29, 1.82) is 0 Å². The van der Waals surface area contributed by atoms with Gasteiger partial charge in [0.2, 0.25) is 0 Å². The number of nitrogens with zero attached hydrogens (tertiary/aromatic N) is 2. The number of carbonyl (C=O) groups is 7. The van der Waals surface area contributed by atoms with Crippen LogP contribution in [0.25, 0.3) is 5.70 Å². The van der Waals surface area contributed by atoms with Gasteiger partial charge in [0, 0.05) is 111 Å². The lowest BCUT2D eigenvalue weighted by Crippen LogP contribution is -2.42. The van der Waals surface area contributed by atoms with Gasteiger partial charge in [0.05, 0.1) is 58.8 Å². The van der Waals surface area contributed by atoms with E-state index in [1.165, 1.54) is 82.0 Å². The molecule has 0 aliphatic carbocycles. The summed E-state index contributed by atoms with van der Waals surface area (Å²) in [5.41, 5.74) is 5.79. The number of phenols is 4. The Bertz CT molecular complexity index is 2710. The summed E-state index contributed by atoms with van der Waals surface area (Å²) in [6.45, 7) is 8.45. The molecule has 25 nitrogen and oxygen atoms in total. The number of aromatic hydroxyl groups is 4. The third-order valence-corrected chi connectivity index (χ3v) is 13.0. The first-order valence-electron chi connectivity index (χ1n) is 27.4. The van der Waals surface area contributed by atoms with Crippen LogP contribution in [-0.2, 0) is 14.2 Å². The Morgan fingerprint density at radius 3 is 0.916 bits per heavy atom. The first-order chi connectivity index (χ1) is 40.1. The standard InChI is InChI=1S/C58H81N11O14/c1-39(60-22-7-5-6-21-59)40-13-8-14-41(48(40)70)52(74)61-23-32-68(33-24-62-53(75)42-15-9-18-45(49(42)71)56(78)65-27-36-81-2)30-12-31-69(34-25-63-54(76)43-16-10-19-46(50(43)72)57(79)66-28-37-82-3)35-26-64-55(77)44-17-11-20-47(51(44)73)58(80)67-29-38-83-4/h8-11,13-20,60,70-73H,1,5-7,12,21-38,59H2,2-4H3,(H,61,74)(H,62,75)(H,63,76)(H,64,77)(H,65,78)(H,66,79)(H,67,80). The van der Waals surface area contributed by atoms with Gasteiger partial charge in [-0.25, -0.2) is 0 Å². The highest BCUT2D eigenvalue weighted by atomic mass is 16.5. The van der Waals surface area contributed by atoms with Crippen molar-refractivity contribution in [1.82, 2.24) is 52.3 Å². The molecule has 0 aliphatic heterocycles. The molecular weight excluding hydrogens is 1070 g/mol. The van der Waals surface area contributed by atoms with Gasteiger partial charge in [-0.3, -0.25) is 43.4 Å². The van der Waals surface area contributed by atoms with Crippen LogP contribution in [0.1, 0.15) is 104 Å². The number of hydrogen-bond acceptors (Lipinski definition) is 18. The van der Waals surface area contributed by atoms with Gasteiger partial charge in [0.1, 0.15) is 23.0 Å². The van der Waals surface area contributed by atoms with Crippen molar-refractivity contribution >= 4 is 47.0 Å². The van der Waals surface area contributed by atoms with E-state index in [-0.39, 0.29) is 137 Å². The molecule has 0 spiro atoms. The van der Waals surface area contributed by atoms with E-state index in [9.17, 15) is 54.0 Å². The maximum absolute atomic E-state index is 13.6. The smallest absolute Gasteiger partial charge is 0.255 e. The first-order valence-corrected chi connectivity index (χ1v) is 27.4. The fraction of sp³-hybridized carbons (Fsp3) is 0.431. The van der Waals surface area contributed by atoms with Crippen molar-refractivity contribution in [2.24, 2.45) is 5.73 Å². The lowest BCUT2D eigenvalue weighted by atomic mass is 10.1. The van der Waals surface area contributed by atoms with Crippen LogP contribution in [0, 0.1) is 0 Å². The maximum atomic E-state index is 13.6. The number of carbonyl (C=O) groups excluding carboxylic acids is 7. The second-order valence-corrected chi connectivity index (χ2v) is 18.9. The van der Waals surface area contributed by atoms with Gasteiger partial charge in [-0.05, 0) is 87.4 Å². The number of unbranched alkanes of at least 4 members (excludes halogenated alkanes) is 2. The predicted molar refractivity (Wildman–Crippen MR) is 312 cm³/mol. The molecule has 0 atom stereocenters. The van der Waals surface area contributed by atoms with E-state index in [0.29, 0.717) is 43.9 Å². The average molecular weight is 1160 g/mol. The highest BCUT2D eigenvalue weighted by Gasteiger charge is 2.23. The Balaban J connectivity index is 1.51. The zero-order chi connectivity index (χ0) is 60.5. The molecule has 0 saturated carbocycles. The number of methoxy groups -OCH3 is 3. The van der Waals surface area contributed by atoms with Crippen molar-refractivity contribution in [3.8, 4) is 23.0 Å². The van der Waals surface area contributed by atoms with E-state index >= 15 is 0 Å². The molecule has 0 aliphatic rings. The summed E-state index contributed by atoms with van der Waals surface area (Å²) in [6, 6.07) is 17.5. The topological polar surface area (TPSA) is 357 Å². The van der Waals surface area contributed by atoms with E-state index in [2.05, 4.69) is 49.1 Å². The zero-order valence-corrected chi connectivity index (χ0v) is 47.5. The average Bonchev–Trinajstić information content (AvgIpc) is 3.63. The monoisotopic (exact) mass is 1160 g/mol. The number of benzene rings is 4. The van der Waals surface area contributed by atoms with Gasteiger partial charge in [-0.15, -0.1) is 0 Å². The minimum atomic E-state index is -0.653. The minimum Gasteiger partial charge on any atom is -0.506 e. The van der Waals surface area contributed by atoms with E-state index in [0.717, 1.165) is 19.3 Å². The number of nitrogens with two attached hydrogens (primary N) is 1. The Labute approximate surface area is 483 Å². The summed E-state index contributed by atoms with van der Waals surface area (Å²) in [5.74, 6) is -6.03. The number of rotatable bonds is 39. The van der Waals surface area contributed by atoms with Crippen LogP contribution in [0.3, 0.4) is 0 Å². The molecule has 452 valence electrons. The van der Waals surface area contributed by atoms with Gasteiger partial charge >= 0.3 is 0 Å². The third kappa shape index (κ3) is 21.8. The molecule has 0 aromatic heterocycles. The molecule has 14 N–H and O–H groups in total. The molecule has 0 radical (unpaired) electrons. The van der Waals surface area contributed by atoms with Gasteiger partial charge in [-0.1, -0.05) is 37.3 Å². The van der Waals surface area contributed by atoms with Gasteiger partial charge in [-0.2, -0.15) is 0 Å². The number of ether oxygens (including phenoxy) is 3. The Morgan fingerprint density at radius 2 is 0.639 bits per heavy atom. The van der Waals surface area contributed by atoms with Crippen LogP contribution in [0.15, 0.2) is 79.4 Å². The van der Waals surface area contributed by atoms with Crippen molar-refractivity contribution in [3.63, 3.8) is 0 Å². The minimum absolute atomic E-state index is 0.0364. The Kier molecular flexibility index (Phi) is 29.9. The molecule has 0 fully saturated rings. The molecule has 0 heterocycles. The number of hydrogen-bond donors (Lipinski definition) is 13. The first kappa shape index (κ1) is 67.2. The summed E-state index contributed by atoms with van der Waals surface area (Å²) in [4.78, 5) is 96.3. The van der Waals surface area contributed by atoms with E-state index in [1.807, 2.05) is 9.80 Å². The summed E-state index contributed by atoms with van der Waals surface area (Å²) in [7, 11) is 4.43. The molecule has 0 saturated heterocycles. The number of nitrogens with one attached hydrogen (secondary N) is 8. The molecule has 83 heavy (non-hydrogen) atoms. The predicted octanol–water partition coefficient (Wildman–Crippen LogP) is 1.34. The highest BCUT2D eigenvalue weighted by molar-refractivity contribution is 6.06. The van der Waals surface area contributed by atoms with E-state index in [1.54, 1.807) is 12.1 Å². The molecule has 4 rings (SSSR count). The molecule has 0 bridgehead atoms. The van der Waals surface area contributed by atoms with Crippen LogP contribution >= 0.6 is 0 Å². The quantitative estimate of drug-likeness (QED) is 0.0280. The lowest BCUT2D eigenvalue weighted by molar-refractivity contribution is 0.0919. The second-order valence-electron chi connectivity index (χ2n) is 18.9. The molecule has 4 aromatic rings. The van der Waals surface area contributed by atoms with Gasteiger partial charge in [0.15, 0.2) is 0 Å². The number of amides is 7. The van der Waals surface area contributed by atoms with Crippen LogP contribution in [-0.4, -0.2) is 211 Å². The van der Waals surface area contributed by atoms with Crippen LogP contribution in [0.2, 0.25) is 0 Å². The number of para-hydroxylation sites is 4. The van der Waals surface area contributed by atoms with Crippen molar-refractivity contribution < 1.29 is 68.2 Å². The molecule has 0 unspecified atom stereocenters. The highest BCUT2D eigenvalue weighted by Crippen LogP contribution is 2.28.